The Morgan fingerprint density at radius 1 is 1.33 bits per heavy atom. The summed E-state index contributed by atoms with van der Waals surface area (Å²) < 4.78 is 0. The van der Waals surface area contributed by atoms with E-state index < -0.39 is 0 Å². The third-order valence-electron chi connectivity index (χ3n) is 3.57. The molecule has 98 valence electrons. The second kappa shape index (κ2) is 5.50. The molecule has 2 rings (SSSR count). The number of anilines is 1. The normalized spacial score (nSPS) is 17.0. The average Bonchev–Trinajstić information content (AvgIpc) is 2.31. The van der Waals surface area contributed by atoms with Crippen LogP contribution in [0.15, 0.2) is 24.3 Å². The molecule has 1 aliphatic carbocycles. The van der Waals surface area contributed by atoms with E-state index in [4.69, 9.17) is 0 Å². The molecule has 0 unspecified atom stereocenters. The summed E-state index contributed by atoms with van der Waals surface area (Å²) in [5, 5.41) is 15.3. The molecule has 1 aromatic carbocycles. The first-order valence-electron chi connectivity index (χ1n) is 6.36. The Balaban J connectivity index is 1.80. The van der Waals surface area contributed by atoms with Gasteiger partial charge in [-0.1, -0.05) is 17.7 Å². The molecule has 0 heterocycles. The molecule has 1 fully saturated rings. The van der Waals surface area contributed by atoms with Crippen LogP contribution in [0.4, 0.5) is 5.69 Å². The molecule has 4 heteroatoms. The minimum Gasteiger partial charge on any atom is -0.394 e. The lowest BCUT2D eigenvalue weighted by Crippen LogP contribution is -2.55. The zero-order valence-electron chi connectivity index (χ0n) is 10.7. The molecule has 1 amide bonds. The number of hydrogen-bond acceptors (Lipinski definition) is 3. The highest BCUT2D eigenvalue weighted by Gasteiger charge is 2.35. The van der Waals surface area contributed by atoms with Gasteiger partial charge in [-0.2, -0.15) is 0 Å². The number of rotatable bonds is 5. The number of aliphatic hydroxyl groups is 1. The van der Waals surface area contributed by atoms with Crippen molar-refractivity contribution in [3.8, 4) is 0 Å². The first-order valence-corrected chi connectivity index (χ1v) is 6.36. The zero-order chi connectivity index (χ0) is 13.0. The fraction of sp³-hybridized carbons (Fsp3) is 0.500. The Hall–Kier alpha value is -1.39. The minimum absolute atomic E-state index is 0.0708. The van der Waals surface area contributed by atoms with Crippen molar-refractivity contribution in [2.45, 2.75) is 31.7 Å². The van der Waals surface area contributed by atoms with Crippen molar-refractivity contribution in [1.29, 1.82) is 0 Å². The third kappa shape index (κ3) is 3.09. The summed E-state index contributed by atoms with van der Waals surface area (Å²) in [7, 11) is 0. The largest absolute Gasteiger partial charge is 0.394 e. The second-order valence-corrected chi connectivity index (χ2v) is 5.06. The standard InChI is InChI=1S/C14H20N2O2/c1-11-3-5-12(6-4-11)16-13(18)9-15-14(10-17)7-2-8-14/h3-6,15,17H,2,7-10H2,1H3,(H,16,18). The molecule has 0 aliphatic heterocycles. The van der Waals surface area contributed by atoms with Gasteiger partial charge in [-0.15, -0.1) is 0 Å². The Morgan fingerprint density at radius 2 is 2.00 bits per heavy atom. The molecule has 0 saturated heterocycles. The van der Waals surface area contributed by atoms with Crippen LogP contribution < -0.4 is 10.6 Å². The zero-order valence-corrected chi connectivity index (χ0v) is 10.7. The van der Waals surface area contributed by atoms with Gasteiger partial charge in [0.2, 0.25) is 5.91 Å². The van der Waals surface area contributed by atoms with E-state index in [0.717, 1.165) is 24.9 Å². The molecular weight excluding hydrogens is 228 g/mol. The van der Waals surface area contributed by atoms with Crippen LogP contribution in [0.3, 0.4) is 0 Å². The number of hydrogen-bond donors (Lipinski definition) is 3. The van der Waals surface area contributed by atoms with Crippen molar-refractivity contribution in [3.05, 3.63) is 29.8 Å². The van der Waals surface area contributed by atoms with Crippen molar-refractivity contribution in [3.63, 3.8) is 0 Å². The monoisotopic (exact) mass is 248 g/mol. The quantitative estimate of drug-likeness (QED) is 0.739. The number of amides is 1. The summed E-state index contributed by atoms with van der Waals surface area (Å²) in [5.74, 6) is -0.0708. The second-order valence-electron chi connectivity index (χ2n) is 5.06. The van der Waals surface area contributed by atoms with Gasteiger partial charge in [-0.25, -0.2) is 0 Å². The topological polar surface area (TPSA) is 61.4 Å². The Kier molecular flexibility index (Phi) is 3.99. The van der Waals surface area contributed by atoms with E-state index >= 15 is 0 Å². The Bertz CT molecular complexity index is 405. The van der Waals surface area contributed by atoms with Gasteiger partial charge in [0.25, 0.3) is 0 Å². The Labute approximate surface area is 107 Å². The molecule has 1 saturated carbocycles. The third-order valence-corrected chi connectivity index (χ3v) is 3.57. The fourth-order valence-electron chi connectivity index (χ4n) is 2.10. The molecule has 1 aromatic rings. The fourth-order valence-corrected chi connectivity index (χ4v) is 2.10. The molecule has 0 bridgehead atoms. The SMILES string of the molecule is Cc1ccc(NC(=O)CNC2(CO)CCC2)cc1. The van der Waals surface area contributed by atoms with Gasteiger partial charge in [0.05, 0.1) is 13.2 Å². The van der Waals surface area contributed by atoms with Gasteiger partial charge in [0.15, 0.2) is 0 Å². The lowest BCUT2D eigenvalue weighted by atomic mass is 9.77. The van der Waals surface area contributed by atoms with Gasteiger partial charge in [-0.05, 0) is 38.3 Å². The van der Waals surface area contributed by atoms with E-state index in [9.17, 15) is 9.90 Å². The van der Waals surface area contributed by atoms with Crippen LogP contribution in [-0.2, 0) is 4.79 Å². The highest BCUT2D eigenvalue weighted by molar-refractivity contribution is 5.92. The van der Waals surface area contributed by atoms with E-state index in [2.05, 4.69) is 10.6 Å². The van der Waals surface area contributed by atoms with Crippen molar-refractivity contribution in [2.75, 3.05) is 18.5 Å². The molecule has 3 N–H and O–H groups in total. The van der Waals surface area contributed by atoms with Gasteiger partial charge < -0.3 is 15.7 Å². The number of benzene rings is 1. The summed E-state index contributed by atoms with van der Waals surface area (Å²) >= 11 is 0. The smallest absolute Gasteiger partial charge is 0.238 e. The van der Waals surface area contributed by atoms with Gasteiger partial charge in [-0.3, -0.25) is 4.79 Å². The summed E-state index contributed by atoms with van der Waals surface area (Å²) in [5.41, 5.74) is 1.75. The number of carbonyl (C=O) groups excluding carboxylic acids is 1. The number of aryl methyl sites for hydroxylation is 1. The van der Waals surface area contributed by atoms with Gasteiger partial charge >= 0.3 is 0 Å². The molecule has 18 heavy (non-hydrogen) atoms. The van der Waals surface area contributed by atoms with Crippen LogP contribution >= 0.6 is 0 Å². The van der Waals surface area contributed by atoms with Crippen LogP contribution in [0.5, 0.6) is 0 Å². The maximum Gasteiger partial charge on any atom is 0.238 e. The minimum atomic E-state index is -0.218. The molecule has 0 spiro atoms. The summed E-state index contributed by atoms with van der Waals surface area (Å²) in [4.78, 5) is 11.7. The van der Waals surface area contributed by atoms with Crippen molar-refractivity contribution in [2.24, 2.45) is 0 Å². The molecule has 0 radical (unpaired) electrons. The Morgan fingerprint density at radius 3 is 2.50 bits per heavy atom. The van der Waals surface area contributed by atoms with Crippen molar-refractivity contribution in [1.82, 2.24) is 5.32 Å². The predicted molar refractivity (Wildman–Crippen MR) is 71.5 cm³/mol. The highest BCUT2D eigenvalue weighted by atomic mass is 16.3. The van der Waals surface area contributed by atoms with Crippen LogP contribution in [0.2, 0.25) is 0 Å². The number of nitrogens with one attached hydrogen (secondary N) is 2. The first kappa shape index (κ1) is 13.1. The van der Waals surface area contributed by atoms with Crippen LogP contribution in [0.25, 0.3) is 0 Å². The lowest BCUT2D eigenvalue weighted by Gasteiger charge is -2.41. The van der Waals surface area contributed by atoms with E-state index in [1.807, 2.05) is 31.2 Å². The lowest BCUT2D eigenvalue weighted by molar-refractivity contribution is -0.116. The average molecular weight is 248 g/mol. The van der Waals surface area contributed by atoms with Crippen molar-refractivity contribution >= 4 is 11.6 Å². The van der Waals surface area contributed by atoms with E-state index in [1.54, 1.807) is 0 Å². The van der Waals surface area contributed by atoms with Gasteiger partial charge in [0.1, 0.15) is 0 Å². The molecule has 1 aliphatic rings. The number of carbonyl (C=O) groups is 1. The van der Waals surface area contributed by atoms with Gasteiger partial charge in [0, 0.05) is 11.2 Å². The number of aliphatic hydroxyl groups excluding tert-OH is 1. The predicted octanol–water partition coefficient (Wildman–Crippen LogP) is 1.44. The van der Waals surface area contributed by atoms with E-state index in [1.165, 1.54) is 5.56 Å². The summed E-state index contributed by atoms with van der Waals surface area (Å²) in [6, 6.07) is 7.70. The molecular formula is C14H20N2O2. The van der Waals surface area contributed by atoms with Crippen LogP contribution in [0.1, 0.15) is 24.8 Å². The van der Waals surface area contributed by atoms with E-state index in [0.29, 0.717) is 0 Å². The van der Waals surface area contributed by atoms with Crippen LogP contribution in [-0.4, -0.2) is 29.7 Å². The molecule has 0 aromatic heterocycles. The van der Waals surface area contributed by atoms with Crippen molar-refractivity contribution < 1.29 is 9.90 Å². The maximum atomic E-state index is 11.7. The van der Waals surface area contributed by atoms with E-state index in [-0.39, 0.29) is 24.6 Å². The first-order chi connectivity index (χ1) is 8.63. The molecule has 4 nitrogen and oxygen atoms in total. The molecule has 0 atom stereocenters. The van der Waals surface area contributed by atoms with Crippen LogP contribution in [0, 0.1) is 6.92 Å². The summed E-state index contributed by atoms with van der Waals surface area (Å²) in [6.45, 7) is 2.36. The highest BCUT2D eigenvalue weighted by Crippen LogP contribution is 2.30. The maximum absolute atomic E-state index is 11.7. The summed E-state index contributed by atoms with van der Waals surface area (Å²) in [6.07, 6.45) is 3.01.